The normalized spacial score (nSPS) is 10.2. The highest BCUT2D eigenvalue weighted by Crippen LogP contribution is 2.19. The fourth-order valence-electron chi connectivity index (χ4n) is 1.55. The average Bonchev–Trinajstić information content (AvgIpc) is 2.21. The number of hydrogen-bond acceptors (Lipinski definition) is 1. The second kappa shape index (κ2) is 9.31. The van der Waals surface area contributed by atoms with Gasteiger partial charge < -0.3 is 5.11 Å². The first-order chi connectivity index (χ1) is 7.57. The van der Waals surface area contributed by atoms with Crippen molar-refractivity contribution < 1.29 is 18.7 Å². The molecule has 0 aliphatic rings. The summed E-state index contributed by atoms with van der Waals surface area (Å²) in [6.07, 6.45) is 3.72. The summed E-state index contributed by atoms with van der Waals surface area (Å²) in [7, 11) is 0. The van der Waals surface area contributed by atoms with Gasteiger partial charge in [-0.2, -0.15) is 8.78 Å². The minimum Gasteiger partial charge on any atom is -0.481 e. The van der Waals surface area contributed by atoms with Gasteiger partial charge in [-0.15, -0.1) is 0 Å². The van der Waals surface area contributed by atoms with Crippen LogP contribution in [-0.4, -0.2) is 11.1 Å². The molecule has 94 valence electrons. The zero-order valence-electron chi connectivity index (χ0n) is 9.77. The maximum absolute atomic E-state index is 12.2. The van der Waals surface area contributed by atoms with Gasteiger partial charge in [0, 0.05) is 6.42 Å². The number of carboxylic acid groups (broad SMARTS) is 1. The van der Waals surface area contributed by atoms with Gasteiger partial charge in [0.2, 0.25) is 0 Å². The summed E-state index contributed by atoms with van der Waals surface area (Å²) < 4.78 is 24.5. The van der Waals surface area contributed by atoms with Crippen LogP contribution in [0.2, 0.25) is 0 Å². The van der Waals surface area contributed by atoms with Crippen molar-refractivity contribution in [1.82, 2.24) is 0 Å². The Bertz CT molecular complexity index is 233. The molecule has 1 N–H and O–H groups in total. The van der Waals surface area contributed by atoms with Crippen molar-refractivity contribution in [1.29, 1.82) is 0 Å². The molecule has 0 aliphatic carbocycles. The monoisotopic (exact) mass is 234 g/mol. The van der Waals surface area contributed by atoms with Gasteiger partial charge in [-0.1, -0.05) is 26.2 Å². The van der Waals surface area contributed by atoms with Crippen molar-refractivity contribution in [2.75, 3.05) is 0 Å². The molecule has 0 aromatic heterocycles. The smallest absolute Gasteiger partial charge is 0.303 e. The van der Waals surface area contributed by atoms with Crippen molar-refractivity contribution in [3.8, 4) is 0 Å². The zero-order chi connectivity index (χ0) is 12.4. The molecule has 0 fully saturated rings. The molecule has 0 spiro atoms. The quantitative estimate of drug-likeness (QED) is 0.602. The van der Waals surface area contributed by atoms with Crippen LogP contribution < -0.4 is 0 Å². The molecule has 0 aromatic carbocycles. The molecule has 16 heavy (non-hydrogen) atoms. The second-order valence-corrected chi connectivity index (χ2v) is 3.88. The minimum atomic E-state index is -1.53. The average molecular weight is 234 g/mol. The lowest BCUT2D eigenvalue weighted by Gasteiger charge is -2.03. The van der Waals surface area contributed by atoms with E-state index < -0.39 is 12.0 Å². The molecule has 4 heteroatoms. The summed E-state index contributed by atoms with van der Waals surface area (Å²) in [4.78, 5) is 10.2. The largest absolute Gasteiger partial charge is 0.481 e. The Morgan fingerprint density at radius 3 is 1.94 bits per heavy atom. The lowest BCUT2D eigenvalue weighted by molar-refractivity contribution is -0.137. The molecule has 0 unspecified atom stereocenters. The summed E-state index contributed by atoms with van der Waals surface area (Å²) in [5.41, 5.74) is 0.255. The number of carbonyl (C=O) groups is 1. The fraction of sp³-hybridized carbons (Fsp3) is 0.750. The maximum Gasteiger partial charge on any atom is 0.303 e. The SMILES string of the molecule is CCC(CCCCCCCC(=O)O)=C(F)F. The number of allylic oxidation sites excluding steroid dienone is 1. The second-order valence-electron chi connectivity index (χ2n) is 3.88. The van der Waals surface area contributed by atoms with Crippen molar-refractivity contribution in [2.45, 2.75) is 58.3 Å². The standard InChI is InChI=1S/C12H20F2O2/c1-2-10(12(13)14)8-6-4-3-5-7-9-11(15)16/h2-9H2,1H3,(H,15,16). The summed E-state index contributed by atoms with van der Waals surface area (Å²) >= 11 is 0. The van der Waals surface area contributed by atoms with Crippen LogP contribution in [0, 0.1) is 0 Å². The summed E-state index contributed by atoms with van der Waals surface area (Å²) in [5.74, 6) is -0.768. The van der Waals surface area contributed by atoms with Crippen LogP contribution in [0.3, 0.4) is 0 Å². The Kier molecular flexibility index (Phi) is 8.77. The van der Waals surface area contributed by atoms with Gasteiger partial charge in [-0.05, 0) is 31.3 Å². The number of unbranched alkanes of at least 4 members (excludes halogenated alkanes) is 4. The van der Waals surface area contributed by atoms with Crippen molar-refractivity contribution in [3.05, 3.63) is 11.7 Å². The Morgan fingerprint density at radius 2 is 1.50 bits per heavy atom. The van der Waals surface area contributed by atoms with Crippen LogP contribution in [0.1, 0.15) is 58.3 Å². The van der Waals surface area contributed by atoms with E-state index in [0.29, 0.717) is 19.3 Å². The molecule has 0 atom stereocenters. The Balaban J connectivity index is 3.40. The molecule has 0 rings (SSSR count). The van der Waals surface area contributed by atoms with Gasteiger partial charge in [0.15, 0.2) is 0 Å². The summed E-state index contributed by atoms with van der Waals surface area (Å²) in [5, 5.41) is 8.39. The first-order valence-corrected chi connectivity index (χ1v) is 5.82. The van der Waals surface area contributed by atoms with E-state index in [1.807, 2.05) is 0 Å². The number of halogens is 2. The van der Waals surface area contributed by atoms with Crippen molar-refractivity contribution >= 4 is 5.97 Å². The molecule has 0 aromatic rings. The van der Waals surface area contributed by atoms with Crippen LogP contribution in [0.15, 0.2) is 11.7 Å². The minimum absolute atomic E-state index is 0.208. The third-order valence-corrected chi connectivity index (χ3v) is 2.56. The van der Waals surface area contributed by atoms with Gasteiger partial charge in [-0.3, -0.25) is 4.79 Å². The van der Waals surface area contributed by atoms with E-state index in [1.54, 1.807) is 6.92 Å². The molecule has 0 radical (unpaired) electrons. The Hall–Kier alpha value is -0.930. The first-order valence-electron chi connectivity index (χ1n) is 5.82. The van der Waals surface area contributed by atoms with Gasteiger partial charge in [0.1, 0.15) is 0 Å². The number of aliphatic carboxylic acids is 1. The van der Waals surface area contributed by atoms with E-state index in [-0.39, 0.29) is 12.0 Å². The van der Waals surface area contributed by atoms with Crippen LogP contribution >= 0.6 is 0 Å². The predicted octanol–water partition coefficient (Wildman–Crippen LogP) is 4.36. The predicted molar refractivity (Wildman–Crippen MR) is 59.5 cm³/mol. The summed E-state index contributed by atoms with van der Waals surface area (Å²) in [6, 6.07) is 0. The molecule has 2 nitrogen and oxygen atoms in total. The topological polar surface area (TPSA) is 37.3 Å². The van der Waals surface area contributed by atoms with Crippen LogP contribution in [-0.2, 0) is 4.79 Å². The molecular formula is C12H20F2O2. The van der Waals surface area contributed by atoms with Gasteiger partial charge in [0.25, 0.3) is 6.08 Å². The highest BCUT2D eigenvalue weighted by atomic mass is 19.3. The number of hydrogen-bond donors (Lipinski definition) is 1. The highest BCUT2D eigenvalue weighted by molar-refractivity contribution is 5.66. The first kappa shape index (κ1) is 15.1. The molecule has 0 heterocycles. The molecule has 0 saturated heterocycles. The van der Waals surface area contributed by atoms with Crippen LogP contribution in [0.4, 0.5) is 8.78 Å². The third-order valence-electron chi connectivity index (χ3n) is 2.56. The van der Waals surface area contributed by atoms with Crippen LogP contribution in [0.25, 0.3) is 0 Å². The summed E-state index contributed by atoms with van der Waals surface area (Å²) in [6.45, 7) is 1.74. The highest BCUT2D eigenvalue weighted by Gasteiger charge is 2.03. The van der Waals surface area contributed by atoms with Gasteiger partial charge in [0.05, 0.1) is 0 Å². The van der Waals surface area contributed by atoms with Gasteiger partial charge in [-0.25, -0.2) is 0 Å². The molecule has 0 saturated carbocycles. The Morgan fingerprint density at radius 1 is 1.00 bits per heavy atom. The van der Waals surface area contributed by atoms with E-state index in [9.17, 15) is 13.6 Å². The van der Waals surface area contributed by atoms with E-state index in [2.05, 4.69) is 0 Å². The number of carboxylic acids is 1. The molecular weight excluding hydrogens is 214 g/mol. The van der Waals surface area contributed by atoms with Crippen LogP contribution in [0.5, 0.6) is 0 Å². The lowest BCUT2D eigenvalue weighted by atomic mass is 10.0. The van der Waals surface area contributed by atoms with E-state index in [4.69, 9.17) is 5.11 Å². The van der Waals surface area contributed by atoms with E-state index in [0.717, 1.165) is 25.7 Å². The lowest BCUT2D eigenvalue weighted by Crippen LogP contribution is -1.93. The molecule has 0 aliphatic heterocycles. The Labute approximate surface area is 95.4 Å². The third kappa shape index (κ3) is 8.38. The fourth-order valence-corrected chi connectivity index (χ4v) is 1.55. The van der Waals surface area contributed by atoms with Crippen molar-refractivity contribution in [2.24, 2.45) is 0 Å². The van der Waals surface area contributed by atoms with E-state index in [1.165, 1.54) is 0 Å². The molecule has 0 amide bonds. The van der Waals surface area contributed by atoms with Crippen molar-refractivity contribution in [3.63, 3.8) is 0 Å². The van der Waals surface area contributed by atoms with E-state index >= 15 is 0 Å². The molecule has 0 bridgehead atoms. The number of rotatable bonds is 9. The van der Waals surface area contributed by atoms with Gasteiger partial charge >= 0.3 is 5.97 Å². The zero-order valence-corrected chi connectivity index (χ0v) is 9.77. The maximum atomic E-state index is 12.2.